The van der Waals surface area contributed by atoms with E-state index in [9.17, 15) is 15.2 Å². The van der Waals surface area contributed by atoms with E-state index in [1.807, 2.05) is 0 Å². The second-order valence-corrected chi connectivity index (χ2v) is 4.48. The van der Waals surface area contributed by atoms with Gasteiger partial charge in [0.2, 0.25) is 11.6 Å². The molecule has 7 heteroatoms. The van der Waals surface area contributed by atoms with Crippen molar-refractivity contribution in [1.29, 1.82) is 0 Å². The smallest absolute Gasteiger partial charge is 0.313 e. The zero-order chi connectivity index (χ0) is 14.7. The number of nitro benzene ring substituents is 1. The van der Waals surface area contributed by atoms with E-state index < -0.39 is 11.0 Å². The monoisotopic (exact) mass is 294 g/mol. The van der Waals surface area contributed by atoms with E-state index in [-0.39, 0.29) is 22.3 Å². The Bertz CT molecular complexity index is 646. The van der Waals surface area contributed by atoms with Crippen molar-refractivity contribution in [2.24, 2.45) is 0 Å². The molecule has 0 fully saturated rings. The fourth-order valence-corrected chi connectivity index (χ4v) is 1.80. The Morgan fingerprint density at radius 3 is 2.85 bits per heavy atom. The molecule has 1 atom stereocenters. The number of aliphatic hydroxyl groups is 1. The van der Waals surface area contributed by atoms with E-state index in [1.165, 1.54) is 24.4 Å². The lowest BCUT2D eigenvalue weighted by atomic mass is 10.2. The number of pyridine rings is 1. The molecule has 0 aliphatic rings. The number of hydrogen-bond acceptors (Lipinski definition) is 5. The van der Waals surface area contributed by atoms with Crippen LogP contribution in [0.2, 0.25) is 5.02 Å². The van der Waals surface area contributed by atoms with Gasteiger partial charge < -0.3 is 9.84 Å². The van der Waals surface area contributed by atoms with Crippen molar-refractivity contribution in [3.8, 4) is 11.6 Å². The first kappa shape index (κ1) is 14.2. The number of aromatic nitrogens is 1. The molecule has 2 aromatic rings. The molecule has 20 heavy (non-hydrogen) atoms. The van der Waals surface area contributed by atoms with Gasteiger partial charge in [-0.25, -0.2) is 4.98 Å². The van der Waals surface area contributed by atoms with Gasteiger partial charge in [-0.15, -0.1) is 0 Å². The van der Waals surface area contributed by atoms with Gasteiger partial charge in [0.25, 0.3) is 0 Å². The van der Waals surface area contributed by atoms with Crippen molar-refractivity contribution in [1.82, 2.24) is 4.98 Å². The van der Waals surface area contributed by atoms with Gasteiger partial charge >= 0.3 is 5.69 Å². The highest BCUT2D eigenvalue weighted by atomic mass is 35.5. The van der Waals surface area contributed by atoms with Crippen LogP contribution in [0.1, 0.15) is 18.6 Å². The first-order valence-electron chi connectivity index (χ1n) is 5.74. The number of nitrogens with zero attached hydrogens (tertiary/aromatic N) is 2. The van der Waals surface area contributed by atoms with E-state index in [2.05, 4.69) is 4.98 Å². The molecular formula is C13H11ClN2O4. The normalized spacial score (nSPS) is 11.9. The molecule has 1 aromatic carbocycles. The van der Waals surface area contributed by atoms with Crippen LogP contribution in [0.25, 0.3) is 0 Å². The van der Waals surface area contributed by atoms with Crippen LogP contribution in [0.5, 0.6) is 11.6 Å². The zero-order valence-electron chi connectivity index (χ0n) is 10.5. The fraction of sp³-hybridized carbons (Fsp3) is 0.154. The third-order valence-corrected chi connectivity index (χ3v) is 2.81. The van der Waals surface area contributed by atoms with Crippen LogP contribution in [-0.2, 0) is 0 Å². The van der Waals surface area contributed by atoms with Gasteiger partial charge in [0, 0.05) is 22.8 Å². The van der Waals surface area contributed by atoms with E-state index >= 15 is 0 Å². The second kappa shape index (κ2) is 5.85. The molecule has 0 bridgehead atoms. The summed E-state index contributed by atoms with van der Waals surface area (Å²) >= 11 is 5.73. The zero-order valence-corrected chi connectivity index (χ0v) is 11.2. The van der Waals surface area contributed by atoms with Gasteiger partial charge in [-0.1, -0.05) is 11.6 Å². The summed E-state index contributed by atoms with van der Waals surface area (Å²) in [6, 6.07) is 7.34. The van der Waals surface area contributed by atoms with E-state index in [0.29, 0.717) is 5.56 Å². The average Bonchev–Trinajstić information content (AvgIpc) is 2.41. The number of ether oxygens (including phenoxy) is 1. The lowest BCUT2D eigenvalue weighted by molar-refractivity contribution is -0.385. The molecule has 0 spiro atoms. The van der Waals surface area contributed by atoms with Crippen LogP contribution in [-0.4, -0.2) is 15.0 Å². The summed E-state index contributed by atoms with van der Waals surface area (Å²) in [6.45, 7) is 1.56. The molecule has 0 unspecified atom stereocenters. The van der Waals surface area contributed by atoms with Crippen LogP contribution in [0, 0.1) is 10.1 Å². The van der Waals surface area contributed by atoms with Gasteiger partial charge in [-0.05, 0) is 31.2 Å². The summed E-state index contributed by atoms with van der Waals surface area (Å²) in [6.07, 6.45) is 0.674. The average molecular weight is 295 g/mol. The maximum atomic E-state index is 11.0. The third kappa shape index (κ3) is 3.04. The molecule has 0 saturated heterocycles. The fourth-order valence-electron chi connectivity index (χ4n) is 1.63. The summed E-state index contributed by atoms with van der Waals surface area (Å²) < 4.78 is 5.45. The van der Waals surface area contributed by atoms with Crippen molar-refractivity contribution in [3.05, 3.63) is 57.2 Å². The molecule has 0 aliphatic carbocycles. The van der Waals surface area contributed by atoms with E-state index in [4.69, 9.17) is 16.3 Å². The maximum absolute atomic E-state index is 11.0. The standard InChI is InChI=1S/C13H11ClN2O4/c1-8(17)10-3-2-6-15-13(10)20-12-5-4-9(14)7-11(12)16(18)19/h2-8,17H,1H3/t8-/m0/s1. The van der Waals surface area contributed by atoms with E-state index in [0.717, 1.165) is 0 Å². The SMILES string of the molecule is C[C@H](O)c1cccnc1Oc1ccc(Cl)cc1[N+](=O)[O-]. The van der Waals surface area contributed by atoms with Crippen LogP contribution in [0.4, 0.5) is 5.69 Å². The topological polar surface area (TPSA) is 85.5 Å². The van der Waals surface area contributed by atoms with Crippen LogP contribution < -0.4 is 4.74 Å². The van der Waals surface area contributed by atoms with Crippen LogP contribution >= 0.6 is 11.6 Å². The number of aliphatic hydroxyl groups excluding tert-OH is 1. The summed E-state index contributed by atoms with van der Waals surface area (Å²) in [5.41, 5.74) is 0.177. The van der Waals surface area contributed by atoms with Crippen molar-refractivity contribution in [2.45, 2.75) is 13.0 Å². The summed E-state index contributed by atoms with van der Waals surface area (Å²) in [7, 11) is 0. The van der Waals surface area contributed by atoms with Crippen molar-refractivity contribution >= 4 is 17.3 Å². The molecule has 0 aliphatic heterocycles. The highest BCUT2D eigenvalue weighted by Crippen LogP contribution is 2.35. The highest BCUT2D eigenvalue weighted by molar-refractivity contribution is 6.30. The minimum Gasteiger partial charge on any atom is -0.431 e. The maximum Gasteiger partial charge on any atom is 0.313 e. The molecule has 104 valence electrons. The summed E-state index contributed by atoms with van der Waals surface area (Å²) in [4.78, 5) is 14.4. The Kier molecular flexibility index (Phi) is 4.16. The second-order valence-electron chi connectivity index (χ2n) is 4.04. The van der Waals surface area contributed by atoms with Gasteiger partial charge in [-0.2, -0.15) is 0 Å². The van der Waals surface area contributed by atoms with Gasteiger partial charge in [0.05, 0.1) is 11.0 Å². The Balaban J connectivity index is 2.43. The first-order valence-corrected chi connectivity index (χ1v) is 6.11. The number of halogens is 1. The molecule has 0 amide bonds. The highest BCUT2D eigenvalue weighted by Gasteiger charge is 2.19. The summed E-state index contributed by atoms with van der Waals surface area (Å²) in [5, 5.41) is 20.8. The lowest BCUT2D eigenvalue weighted by Crippen LogP contribution is -2.00. The lowest BCUT2D eigenvalue weighted by Gasteiger charge is -2.11. The predicted octanol–water partition coefficient (Wildman–Crippen LogP) is 3.49. The minimum atomic E-state index is -0.801. The molecule has 0 saturated carbocycles. The number of nitro groups is 1. The summed E-state index contributed by atoms with van der Waals surface area (Å²) in [5.74, 6) is 0.132. The minimum absolute atomic E-state index is 0.0139. The number of rotatable bonds is 4. The van der Waals surface area contributed by atoms with Crippen molar-refractivity contribution < 1.29 is 14.8 Å². The third-order valence-electron chi connectivity index (χ3n) is 2.57. The number of hydrogen-bond donors (Lipinski definition) is 1. The Morgan fingerprint density at radius 2 is 2.20 bits per heavy atom. The largest absolute Gasteiger partial charge is 0.431 e. The van der Waals surface area contributed by atoms with Crippen LogP contribution in [0.3, 0.4) is 0 Å². The van der Waals surface area contributed by atoms with Crippen molar-refractivity contribution in [2.75, 3.05) is 0 Å². The molecule has 1 N–H and O–H groups in total. The Morgan fingerprint density at radius 1 is 1.45 bits per heavy atom. The quantitative estimate of drug-likeness (QED) is 0.689. The van der Waals surface area contributed by atoms with Crippen molar-refractivity contribution in [3.63, 3.8) is 0 Å². The van der Waals surface area contributed by atoms with Gasteiger partial charge in [0.1, 0.15) is 0 Å². The predicted molar refractivity (Wildman–Crippen MR) is 73.1 cm³/mol. The Labute approximate surface area is 119 Å². The van der Waals surface area contributed by atoms with Crippen LogP contribution in [0.15, 0.2) is 36.5 Å². The molecule has 2 rings (SSSR count). The molecular weight excluding hydrogens is 284 g/mol. The molecule has 1 heterocycles. The van der Waals surface area contributed by atoms with E-state index in [1.54, 1.807) is 19.1 Å². The molecule has 6 nitrogen and oxygen atoms in total. The Hall–Kier alpha value is -2.18. The first-order chi connectivity index (χ1) is 9.49. The molecule has 1 aromatic heterocycles. The van der Waals surface area contributed by atoms with Gasteiger partial charge in [0.15, 0.2) is 0 Å². The number of benzene rings is 1. The van der Waals surface area contributed by atoms with Gasteiger partial charge in [-0.3, -0.25) is 10.1 Å². The molecule has 0 radical (unpaired) electrons.